The van der Waals surface area contributed by atoms with Crippen molar-refractivity contribution < 1.29 is 9.59 Å². The third kappa shape index (κ3) is 4.43. The molecule has 1 atom stereocenters. The molecular weight excluding hydrogens is 452 g/mol. The zero-order chi connectivity index (χ0) is 24.4. The minimum absolute atomic E-state index is 0.140. The highest BCUT2D eigenvalue weighted by Gasteiger charge is 2.23. The molecule has 0 spiro atoms. The average molecular weight is 475 g/mol. The topological polar surface area (TPSA) is 93.1 Å². The predicted octanol–water partition coefficient (Wildman–Crippen LogP) is 5.18. The van der Waals surface area contributed by atoms with Crippen molar-refractivity contribution in [3.63, 3.8) is 0 Å². The van der Waals surface area contributed by atoms with Gasteiger partial charge < -0.3 is 10.6 Å². The fourth-order valence-corrected chi connectivity index (χ4v) is 3.97. The zero-order valence-corrected chi connectivity index (χ0v) is 19.7. The summed E-state index contributed by atoms with van der Waals surface area (Å²) in [6.07, 6.45) is 0. The lowest BCUT2D eigenvalue weighted by molar-refractivity contribution is -0.118. The van der Waals surface area contributed by atoms with Gasteiger partial charge in [0.25, 0.3) is 5.56 Å². The molecule has 0 bridgehead atoms. The molecule has 0 saturated carbocycles. The molecule has 3 aromatic carbocycles. The van der Waals surface area contributed by atoms with E-state index in [2.05, 4.69) is 15.6 Å². The molecule has 4 aromatic rings. The van der Waals surface area contributed by atoms with Gasteiger partial charge in [-0.3, -0.25) is 19.0 Å². The van der Waals surface area contributed by atoms with Crippen molar-refractivity contribution in [3.05, 3.63) is 87.7 Å². The Hall–Kier alpha value is -3.97. The summed E-state index contributed by atoms with van der Waals surface area (Å²) in [5.41, 5.74) is 3.03. The van der Waals surface area contributed by atoms with E-state index < -0.39 is 11.6 Å². The number of halogens is 1. The largest absolute Gasteiger partial charge is 0.326 e. The number of nitrogens with zero attached hydrogens (tertiary/aromatic N) is 2. The first-order valence-electron chi connectivity index (χ1n) is 10.7. The molecule has 1 unspecified atom stereocenters. The molecule has 4 rings (SSSR count). The molecule has 34 heavy (non-hydrogen) atoms. The van der Waals surface area contributed by atoms with Crippen molar-refractivity contribution in [2.75, 3.05) is 10.6 Å². The van der Waals surface area contributed by atoms with Gasteiger partial charge in [0.2, 0.25) is 11.8 Å². The number of anilines is 2. The van der Waals surface area contributed by atoms with Crippen LogP contribution < -0.4 is 16.2 Å². The van der Waals surface area contributed by atoms with Crippen LogP contribution in [0.5, 0.6) is 0 Å². The van der Waals surface area contributed by atoms with Gasteiger partial charge in [-0.05, 0) is 49.7 Å². The first-order chi connectivity index (χ1) is 16.3. The number of hydrogen-bond donors (Lipinski definition) is 2. The van der Waals surface area contributed by atoms with Crippen LogP contribution in [0.2, 0.25) is 5.02 Å². The molecule has 1 aromatic heterocycles. The molecular formula is C26H23ClN4O3. The smallest absolute Gasteiger partial charge is 0.278 e. The van der Waals surface area contributed by atoms with E-state index in [1.807, 2.05) is 13.0 Å². The number of amides is 2. The van der Waals surface area contributed by atoms with Crippen LogP contribution in [0.25, 0.3) is 22.3 Å². The van der Waals surface area contributed by atoms with Gasteiger partial charge in [0.05, 0.1) is 16.7 Å². The maximum Gasteiger partial charge on any atom is 0.278 e. The molecule has 172 valence electrons. The summed E-state index contributed by atoms with van der Waals surface area (Å²) in [4.78, 5) is 43.3. The Morgan fingerprint density at radius 1 is 0.941 bits per heavy atom. The third-order valence-electron chi connectivity index (χ3n) is 5.58. The fourth-order valence-electron chi connectivity index (χ4n) is 3.80. The van der Waals surface area contributed by atoms with Gasteiger partial charge >= 0.3 is 0 Å². The number of hydrogen-bond acceptors (Lipinski definition) is 4. The summed E-state index contributed by atoms with van der Waals surface area (Å²) < 4.78 is 1.43. The molecule has 7 nitrogen and oxygen atoms in total. The summed E-state index contributed by atoms with van der Waals surface area (Å²) >= 11 is 6.19. The summed E-state index contributed by atoms with van der Waals surface area (Å²) in [5, 5.41) is 6.16. The van der Waals surface area contributed by atoms with E-state index in [9.17, 15) is 14.4 Å². The summed E-state index contributed by atoms with van der Waals surface area (Å²) in [5.74, 6) is -0.636. The molecule has 1 heterocycles. The number of rotatable bonds is 5. The van der Waals surface area contributed by atoms with E-state index in [1.165, 1.54) is 11.5 Å². The van der Waals surface area contributed by atoms with Gasteiger partial charge in [-0.25, -0.2) is 4.98 Å². The van der Waals surface area contributed by atoms with E-state index in [4.69, 9.17) is 11.6 Å². The Kier molecular flexibility index (Phi) is 6.47. The number of benzene rings is 3. The van der Waals surface area contributed by atoms with Gasteiger partial charge in [0.15, 0.2) is 0 Å². The lowest BCUT2D eigenvalue weighted by atomic mass is 10.1. The van der Waals surface area contributed by atoms with Crippen LogP contribution in [0.1, 0.15) is 25.5 Å². The molecule has 0 saturated heterocycles. The van der Waals surface area contributed by atoms with Crippen LogP contribution >= 0.6 is 11.6 Å². The summed E-state index contributed by atoms with van der Waals surface area (Å²) in [7, 11) is 0. The minimum Gasteiger partial charge on any atom is -0.326 e. The molecule has 0 aliphatic carbocycles. The van der Waals surface area contributed by atoms with Gasteiger partial charge in [0.1, 0.15) is 11.7 Å². The standard InChI is InChI=1S/C26H23ClN4O3/c1-15-19(27)10-8-13-20(15)30-25(33)16(2)31-23-14-7-6-12-22(23)29-24(26(31)34)18-9-4-5-11-21(18)28-17(3)32/h4-14,16H,1-3H3,(H,28,32)(H,30,33). The normalized spacial score (nSPS) is 11.8. The van der Waals surface area contributed by atoms with Crippen LogP contribution in [-0.4, -0.2) is 21.4 Å². The van der Waals surface area contributed by atoms with Crippen molar-refractivity contribution >= 4 is 45.8 Å². The Bertz CT molecular complexity index is 1480. The van der Waals surface area contributed by atoms with Crippen molar-refractivity contribution in [1.82, 2.24) is 9.55 Å². The third-order valence-corrected chi connectivity index (χ3v) is 5.99. The zero-order valence-electron chi connectivity index (χ0n) is 18.9. The molecule has 0 radical (unpaired) electrons. The second-order valence-electron chi connectivity index (χ2n) is 7.93. The van der Waals surface area contributed by atoms with Gasteiger partial charge in [0, 0.05) is 23.2 Å². The van der Waals surface area contributed by atoms with E-state index in [1.54, 1.807) is 67.6 Å². The van der Waals surface area contributed by atoms with E-state index in [-0.39, 0.29) is 17.5 Å². The summed E-state index contributed by atoms with van der Waals surface area (Å²) in [6.45, 7) is 4.87. The van der Waals surface area contributed by atoms with Crippen LogP contribution in [0, 0.1) is 6.92 Å². The van der Waals surface area contributed by atoms with Crippen LogP contribution in [0.3, 0.4) is 0 Å². The minimum atomic E-state index is -0.856. The van der Waals surface area contributed by atoms with Crippen LogP contribution in [0.4, 0.5) is 11.4 Å². The number of para-hydroxylation sites is 3. The fraction of sp³-hybridized carbons (Fsp3) is 0.154. The maximum atomic E-state index is 13.7. The quantitative estimate of drug-likeness (QED) is 0.416. The van der Waals surface area contributed by atoms with E-state index >= 15 is 0 Å². The van der Waals surface area contributed by atoms with Crippen molar-refractivity contribution in [3.8, 4) is 11.3 Å². The molecule has 8 heteroatoms. The highest BCUT2D eigenvalue weighted by atomic mass is 35.5. The number of aromatic nitrogens is 2. The Balaban J connectivity index is 1.86. The lowest BCUT2D eigenvalue weighted by Crippen LogP contribution is -2.33. The Morgan fingerprint density at radius 3 is 2.38 bits per heavy atom. The van der Waals surface area contributed by atoms with Crippen LogP contribution in [-0.2, 0) is 9.59 Å². The highest BCUT2D eigenvalue weighted by Crippen LogP contribution is 2.28. The average Bonchev–Trinajstić information content (AvgIpc) is 2.81. The number of carbonyl (C=O) groups is 2. The monoisotopic (exact) mass is 474 g/mol. The number of carbonyl (C=O) groups excluding carboxylic acids is 2. The molecule has 2 amide bonds. The number of nitrogens with one attached hydrogen (secondary N) is 2. The van der Waals surface area contributed by atoms with Crippen molar-refractivity contribution in [1.29, 1.82) is 0 Å². The van der Waals surface area contributed by atoms with Crippen LogP contribution in [0.15, 0.2) is 71.5 Å². The van der Waals surface area contributed by atoms with E-state index in [0.717, 1.165) is 5.56 Å². The van der Waals surface area contributed by atoms with E-state index in [0.29, 0.717) is 33.0 Å². The number of fused-ring (bicyclic) bond motifs is 1. The van der Waals surface area contributed by atoms with Gasteiger partial charge in [-0.2, -0.15) is 0 Å². The second-order valence-corrected chi connectivity index (χ2v) is 8.34. The second kappa shape index (κ2) is 9.49. The predicted molar refractivity (Wildman–Crippen MR) is 135 cm³/mol. The van der Waals surface area contributed by atoms with Crippen molar-refractivity contribution in [2.45, 2.75) is 26.8 Å². The first-order valence-corrected chi connectivity index (χ1v) is 11.1. The highest BCUT2D eigenvalue weighted by molar-refractivity contribution is 6.31. The van der Waals surface area contributed by atoms with Gasteiger partial charge in [-0.15, -0.1) is 0 Å². The van der Waals surface area contributed by atoms with Crippen molar-refractivity contribution in [2.24, 2.45) is 0 Å². The molecule has 0 fully saturated rings. The molecule has 0 aliphatic heterocycles. The van der Waals surface area contributed by atoms with Gasteiger partial charge in [-0.1, -0.05) is 48.0 Å². The lowest BCUT2D eigenvalue weighted by Gasteiger charge is -2.20. The Labute approximate surface area is 201 Å². The maximum absolute atomic E-state index is 13.7. The SMILES string of the molecule is CC(=O)Nc1ccccc1-c1nc2ccccc2n(C(C)C(=O)Nc2cccc(Cl)c2C)c1=O. The molecule has 0 aliphatic rings. The molecule has 2 N–H and O–H groups in total. The summed E-state index contributed by atoms with van der Waals surface area (Å²) in [6, 6.07) is 18.5. The Morgan fingerprint density at radius 2 is 1.62 bits per heavy atom. The first kappa shape index (κ1) is 23.2.